The molecule has 4 rings (SSSR count). The summed E-state index contributed by atoms with van der Waals surface area (Å²) in [6.07, 6.45) is 1.39. The SMILES string of the molecule is CC12CCC(=O)N1C(C(=O)N1C[C@@H](N)[C@H](c3ccccc3)C1)CS2.Cl. The summed E-state index contributed by atoms with van der Waals surface area (Å²) in [5.74, 6) is 1.05. The first-order chi connectivity index (χ1) is 11.5. The van der Waals surface area contributed by atoms with Gasteiger partial charge >= 0.3 is 0 Å². The fourth-order valence-electron chi connectivity index (χ4n) is 4.28. The van der Waals surface area contributed by atoms with Crippen molar-refractivity contribution in [1.29, 1.82) is 0 Å². The third-order valence-corrected chi connectivity index (χ3v) is 7.14. The highest BCUT2D eigenvalue weighted by atomic mass is 35.5. The van der Waals surface area contributed by atoms with Gasteiger partial charge in [0.25, 0.3) is 0 Å². The molecule has 1 aromatic carbocycles. The summed E-state index contributed by atoms with van der Waals surface area (Å²) < 4.78 is 0. The van der Waals surface area contributed by atoms with Crippen LogP contribution < -0.4 is 5.73 Å². The molecule has 25 heavy (non-hydrogen) atoms. The minimum atomic E-state index is -0.322. The Bertz CT molecular complexity index is 674. The smallest absolute Gasteiger partial charge is 0.246 e. The van der Waals surface area contributed by atoms with Gasteiger partial charge in [-0.3, -0.25) is 9.59 Å². The number of fused-ring (bicyclic) bond motifs is 1. The van der Waals surface area contributed by atoms with Crippen molar-refractivity contribution in [3.8, 4) is 0 Å². The predicted octanol–water partition coefficient (Wildman–Crippen LogP) is 1.82. The average molecular weight is 382 g/mol. The van der Waals surface area contributed by atoms with Crippen LogP contribution >= 0.6 is 24.2 Å². The number of thioether (sulfide) groups is 1. The monoisotopic (exact) mass is 381 g/mol. The van der Waals surface area contributed by atoms with Crippen LogP contribution in [-0.2, 0) is 9.59 Å². The first kappa shape index (κ1) is 18.5. The van der Waals surface area contributed by atoms with E-state index in [-0.39, 0.29) is 47.1 Å². The Kier molecular flexibility index (Phi) is 5.06. The van der Waals surface area contributed by atoms with Crippen LogP contribution in [0.5, 0.6) is 0 Å². The van der Waals surface area contributed by atoms with E-state index < -0.39 is 0 Å². The van der Waals surface area contributed by atoms with E-state index in [2.05, 4.69) is 19.1 Å². The van der Waals surface area contributed by atoms with E-state index in [0.29, 0.717) is 25.3 Å². The van der Waals surface area contributed by atoms with Crippen molar-refractivity contribution in [2.75, 3.05) is 18.8 Å². The summed E-state index contributed by atoms with van der Waals surface area (Å²) in [5.41, 5.74) is 7.50. The largest absolute Gasteiger partial charge is 0.339 e. The summed E-state index contributed by atoms with van der Waals surface area (Å²) in [5, 5.41) is 0. The zero-order chi connectivity index (χ0) is 16.9. The molecule has 3 aliphatic rings. The van der Waals surface area contributed by atoms with Crippen LogP contribution in [0, 0.1) is 0 Å². The second-order valence-electron chi connectivity index (χ2n) is 7.19. The van der Waals surface area contributed by atoms with Crippen LogP contribution in [0.25, 0.3) is 0 Å². The van der Waals surface area contributed by atoms with E-state index in [0.717, 1.165) is 6.42 Å². The molecule has 2 amide bonds. The van der Waals surface area contributed by atoms with Gasteiger partial charge in [0.05, 0.1) is 4.87 Å². The molecule has 0 bridgehead atoms. The van der Waals surface area contributed by atoms with Gasteiger partial charge in [-0.15, -0.1) is 24.2 Å². The number of hydrogen-bond acceptors (Lipinski definition) is 4. The molecule has 5 nitrogen and oxygen atoms in total. The maximum atomic E-state index is 13.1. The van der Waals surface area contributed by atoms with Crippen LogP contribution in [-0.4, -0.2) is 57.4 Å². The Morgan fingerprint density at radius 1 is 1.28 bits per heavy atom. The Balaban J connectivity index is 0.00000182. The molecule has 3 aliphatic heterocycles. The van der Waals surface area contributed by atoms with Crippen LogP contribution in [0.2, 0.25) is 0 Å². The van der Waals surface area contributed by atoms with Crippen LogP contribution in [0.15, 0.2) is 30.3 Å². The van der Waals surface area contributed by atoms with Crippen molar-refractivity contribution in [2.24, 2.45) is 5.73 Å². The quantitative estimate of drug-likeness (QED) is 0.848. The maximum absolute atomic E-state index is 13.1. The van der Waals surface area contributed by atoms with Gasteiger partial charge < -0.3 is 15.5 Å². The van der Waals surface area contributed by atoms with Gasteiger partial charge in [-0.05, 0) is 18.9 Å². The molecule has 0 radical (unpaired) electrons. The molecular formula is C18H24ClN3O2S. The number of amides is 2. The number of likely N-dealkylation sites (tertiary alicyclic amines) is 1. The molecule has 2 N–H and O–H groups in total. The third kappa shape index (κ3) is 3.04. The first-order valence-corrected chi connectivity index (χ1v) is 9.53. The number of nitrogens with two attached hydrogens (primary N) is 1. The Labute approximate surface area is 158 Å². The second kappa shape index (κ2) is 6.82. The van der Waals surface area contributed by atoms with Gasteiger partial charge in [-0.25, -0.2) is 0 Å². The maximum Gasteiger partial charge on any atom is 0.246 e. The van der Waals surface area contributed by atoms with E-state index in [1.807, 2.05) is 28.0 Å². The number of halogens is 1. The van der Waals surface area contributed by atoms with Crippen LogP contribution in [0.3, 0.4) is 0 Å². The Morgan fingerprint density at radius 3 is 2.72 bits per heavy atom. The number of rotatable bonds is 2. The number of nitrogens with zero attached hydrogens (tertiary/aromatic N) is 2. The zero-order valence-electron chi connectivity index (χ0n) is 14.3. The summed E-state index contributed by atoms with van der Waals surface area (Å²) >= 11 is 1.74. The fourth-order valence-corrected chi connectivity index (χ4v) is 5.70. The molecule has 0 saturated carbocycles. The number of carbonyl (C=O) groups excluding carboxylic acids is 2. The zero-order valence-corrected chi connectivity index (χ0v) is 15.9. The average Bonchev–Trinajstić information content (AvgIpc) is 3.22. The molecular weight excluding hydrogens is 358 g/mol. The van der Waals surface area contributed by atoms with Crippen molar-refractivity contribution < 1.29 is 9.59 Å². The highest BCUT2D eigenvalue weighted by Crippen LogP contribution is 2.47. The molecule has 4 atom stereocenters. The van der Waals surface area contributed by atoms with Gasteiger partial charge in [0.15, 0.2) is 0 Å². The first-order valence-electron chi connectivity index (χ1n) is 8.55. The van der Waals surface area contributed by atoms with Gasteiger partial charge in [-0.2, -0.15) is 0 Å². The fraction of sp³-hybridized carbons (Fsp3) is 0.556. The molecule has 0 spiro atoms. The lowest BCUT2D eigenvalue weighted by Gasteiger charge is -2.31. The normalized spacial score (nSPS) is 34.2. The van der Waals surface area contributed by atoms with Gasteiger partial charge in [0, 0.05) is 37.2 Å². The van der Waals surface area contributed by atoms with E-state index in [4.69, 9.17) is 5.73 Å². The molecule has 136 valence electrons. The number of hydrogen-bond donors (Lipinski definition) is 1. The van der Waals surface area contributed by atoms with Crippen molar-refractivity contribution in [1.82, 2.24) is 9.80 Å². The lowest BCUT2D eigenvalue weighted by Crippen LogP contribution is -2.51. The third-order valence-electron chi connectivity index (χ3n) is 5.63. The minimum Gasteiger partial charge on any atom is -0.339 e. The summed E-state index contributed by atoms with van der Waals surface area (Å²) in [6, 6.07) is 9.78. The molecule has 0 aromatic heterocycles. The molecule has 3 fully saturated rings. The Hall–Kier alpha value is -1.24. The molecule has 3 saturated heterocycles. The molecule has 3 heterocycles. The standard InChI is InChI=1S/C18H23N3O2S.ClH/c1-18-8-7-16(22)21(18)15(11-24-18)17(23)20-9-13(14(19)10-20)12-5-3-2-4-6-12;/h2-6,13-15H,7-11,19H2,1H3;1H/t13-,14+,15?,18?;/m0./s1. The topological polar surface area (TPSA) is 66.6 Å². The van der Waals surface area contributed by atoms with Crippen molar-refractivity contribution >= 4 is 36.0 Å². The molecule has 7 heteroatoms. The van der Waals surface area contributed by atoms with E-state index in [1.54, 1.807) is 11.8 Å². The highest BCUT2D eigenvalue weighted by molar-refractivity contribution is 8.01. The Morgan fingerprint density at radius 2 is 2.00 bits per heavy atom. The van der Waals surface area contributed by atoms with Crippen molar-refractivity contribution in [3.05, 3.63) is 35.9 Å². The minimum absolute atomic E-state index is 0. The lowest BCUT2D eigenvalue weighted by molar-refractivity contribution is -0.143. The number of benzene rings is 1. The van der Waals surface area contributed by atoms with Gasteiger partial charge in [-0.1, -0.05) is 30.3 Å². The molecule has 0 aliphatic carbocycles. The predicted molar refractivity (Wildman–Crippen MR) is 102 cm³/mol. The highest BCUT2D eigenvalue weighted by Gasteiger charge is 2.54. The second-order valence-corrected chi connectivity index (χ2v) is 8.69. The van der Waals surface area contributed by atoms with E-state index >= 15 is 0 Å². The molecule has 2 unspecified atom stereocenters. The van der Waals surface area contributed by atoms with E-state index in [9.17, 15) is 9.59 Å². The van der Waals surface area contributed by atoms with Gasteiger partial charge in [0.2, 0.25) is 11.8 Å². The summed E-state index contributed by atoms with van der Waals surface area (Å²) in [6.45, 7) is 3.29. The summed E-state index contributed by atoms with van der Waals surface area (Å²) in [7, 11) is 0. The van der Waals surface area contributed by atoms with Crippen LogP contribution in [0.1, 0.15) is 31.2 Å². The van der Waals surface area contributed by atoms with Crippen LogP contribution in [0.4, 0.5) is 0 Å². The van der Waals surface area contributed by atoms with E-state index in [1.165, 1.54) is 5.56 Å². The molecule has 1 aromatic rings. The summed E-state index contributed by atoms with van der Waals surface area (Å²) in [4.78, 5) is 28.8. The van der Waals surface area contributed by atoms with Crippen molar-refractivity contribution in [3.63, 3.8) is 0 Å². The lowest BCUT2D eigenvalue weighted by atomic mass is 9.95. The number of carbonyl (C=O) groups is 2. The van der Waals surface area contributed by atoms with Crippen molar-refractivity contribution in [2.45, 2.75) is 42.6 Å². The van der Waals surface area contributed by atoms with Gasteiger partial charge in [0.1, 0.15) is 6.04 Å².